The Kier molecular flexibility index (Phi) is 6.33. The maximum absolute atomic E-state index is 12.5. The van der Waals surface area contributed by atoms with Crippen LogP contribution in [0.3, 0.4) is 0 Å². The number of β-lactam (4-membered cyclic amide) rings is 1. The third-order valence-corrected chi connectivity index (χ3v) is 6.43. The van der Waals surface area contributed by atoms with Gasteiger partial charge in [0.05, 0.1) is 5.75 Å². The van der Waals surface area contributed by atoms with Gasteiger partial charge in [-0.05, 0) is 6.07 Å². The first kappa shape index (κ1) is 21.0. The average molecular weight is 439 g/mol. The minimum atomic E-state index is -1.29. The number of aromatic nitrogens is 1. The van der Waals surface area contributed by atoms with Gasteiger partial charge in [-0.15, -0.1) is 23.5 Å². The number of hydrogen-bond donors (Lipinski definition) is 3. The maximum Gasteiger partial charge on any atom is 0.352 e. The first-order chi connectivity index (χ1) is 13.8. The average Bonchev–Trinajstić information content (AvgIpc) is 2.69. The van der Waals surface area contributed by atoms with Crippen LogP contribution < -0.4 is 5.32 Å². The number of aliphatic carboxylic acids is 1. The molecule has 1 fully saturated rings. The van der Waals surface area contributed by atoms with Crippen LogP contribution in [0.4, 0.5) is 0 Å². The molecule has 3 rings (SSSR count). The Morgan fingerprint density at radius 3 is 2.79 bits per heavy atom. The van der Waals surface area contributed by atoms with Gasteiger partial charge >= 0.3 is 11.9 Å². The first-order valence-corrected chi connectivity index (χ1v) is 10.4. The summed E-state index contributed by atoms with van der Waals surface area (Å²) >= 11 is 2.49. The molecule has 0 bridgehead atoms. The Hall–Kier alpha value is -2.73. The van der Waals surface area contributed by atoms with E-state index in [1.807, 2.05) is 0 Å². The van der Waals surface area contributed by atoms with Crippen molar-refractivity contribution >= 4 is 47.3 Å². The van der Waals surface area contributed by atoms with Crippen molar-refractivity contribution in [2.45, 2.75) is 23.2 Å². The molecule has 1 aromatic heterocycles. The smallest absolute Gasteiger partial charge is 0.352 e. The summed E-state index contributed by atoms with van der Waals surface area (Å²) in [6.07, 6.45) is 1.43. The molecule has 0 unspecified atom stereocenters. The molecule has 2 aliphatic rings. The van der Waals surface area contributed by atoms with Crippen molar-refractivity contribution in [3.63, 3.8) is 0 Å². The number of pyridine rings is 1. The highest BCUT2D eigenvalue weighted by atomic mass is 32.2. The molecular formula is C17H17N3O7S2. The van der Waals surface area contributed by atoms with Crippen LogP contribution in [0, 0.1) is 0 Å². The molecule has 2 atom stereocenters. The number of fused-ring (bicyclic) bond motifs is 1. The monoisotopic (exact) mass is 439 g/mol. The molecule has 2 aliphatic heterocycles. The number of carbonyl (C=O) groups is 4. The highest BCUT2D eigenvalue weighted by Crippen LogP contribution is 2.40. The molecule has 29 heavy (non-hydrogen) atoms. The zero-order chi connectivity index (χ0) is 21.1. The number of nitrogens with zero attached hydrogens (tertiary/aromatic N) is 2. The van der Waals surface area contributed by atoms with Crippen molar-refractivity contribution in [2.75, 3.05) is 18.1 Å². The summed E-state index contributed by atoms with van der Waals surface area (Å²) in [6, 6.07) is 2.19. The largest absolute Gasteiger partial charge is 0.493 e. The molecular weight excluding hydrogens is 422 g/mol. The molecule has 0 spiro atoms. The van der Waals surface area contributed by atoms with E-state index >= 15 is 0 Å². The lowest BCUT2D eigenvalue weighted by Gasteiger charge is -2.49. The predicted octanol–water partition coefficient (Wildman–Crippen LogP) is 0.181. The minimum absolute atomic E-state index is 0.0347. The molecule has 1 saturated heterocycles. The molecule has 10 nitrogen and oxygen atoms in total. The van der Waals surface area contributed by atoms with Crippen LogP contribution >= 0.6 is 23.5 Å². The number of hydrogen-bond acceptors (Lipinski definition) is 9. The highest BCUT2D eigenvalue weighted by molar-refractivity contribution is 8.00. The lowest BCUT2D eigenvalue weighted by molar-refractivity contribution is -0.150. The van der Waals surface area contributed by atoms with Crippen LogP contribution in [0.2, 0.25) is 0 Å². The number of esters is 1. The second kappa shape index (κ2) is 8.74. The van der Waals surface area contributed by atoms with Crippen LogP contribution in [-0.2, 0) is 23.9 Å². The van der Waals surface area contributed by atoms with Crippen LogP contribution in [0.15, 0.2) is 34.5 Å². The fourth-order valence-electron chi connectivity index (χ4n) is 2.80. The van der Waals surface area contributed by atoms with Gasteiger partial charge in [-0.25, -0.2) is 9.78 Å². The van der Waals surface area contributed by atoms with Crippen molar-refractivity contribution < 1.29 is 34.1 Å². The van der Waals surface area contributed by atoms with Gasteiger partial charge in [-0.1, -0.05) is 0 Å². The molecule has 1 aromatic rings. The van der Waals surface area contributed by atoms with Crippen molar-refractivity contribution in [1.82, 2.24) is 15.2 Å². The van der Waals surface area contributed by atoms with E-state index in [-0.39, 0.29) is 35.6 Å². The van der Waals surface area contributed by atoms with E-state index < -0.39 is 29.3 Å². The standard InChI is InChI=1S/C17H17N3O7S2/c1-8(21)27-5-9-6-29-16-13(15(24)20(16)14(9)17(25)26)19-12(23)7-28-10-2-3-11(22)18-4-10/h2-4,13,16H,5-7H2,1H3,(H,18,22)(H,19,23)(H,25,26)/t13-,16-/m1/s1. The van der Waals surface area contributed by atoms with Crippen LogP contribution in [0.1, 0.15) is 6.92 Å². The highest BCUT2D eigenvalue weighted by Gasteiger charge is 2.54. The summed E-state index contributed by atoms with van der Waals surface area (Å²) in [6.45, 7) is 1.02. The first-order valence-electron chi connectivity index (χ1n) is 8.38. The predicted molar refractivity (Wildman–Crippen MR) is 103 cm³/mol. The van der Waals surface area contributed by atoms with Gasteiger partial charge in [-0.3, -0.25) is 19.3 Å². The van der Waals surface area contributed by atoms with Crippen molar-refractivity contribution in [3.05, 3.63) is 29.6 Å². The molecule has 0 radical (unpaired) electrons. The summed E-state index contributed by atoms with van der Waals surface area (Å²) in [5.41, 5.74) is 0.137. The summed E-state index contributed by atoms with van der Waals surface area (Å²) < 4.78 is 4.87. The van der Waals surface area contributed by atoms with Crippen molar-refractivity contribution in [2.24, 2.45) is 0 Å². The lowest BCUT2D eigenvalue weighted by atomic mass is 10.0. The molecule has 2 amide bonds. The number of nitrogens with one attached hydrogen (secondary N) is 1. The van der Waals surface area contributed by atoms with E-state index in [1.165, 1.54) is 42.7 Å². The van der Waals surface area contributed by atoms with E-state index in [0.29, 0.717) is 10.5 Å². The minimum Gasteiger partial charge on any atom is -0.493 e. The van der Waals surface area contributed by atoms with Crippen LogP contribution in [-0.4, -0.2) is 73.4 Å². The van der Waals surface area contributed by atoms with Gasteiger partial charge in [-0.2, -0.15) is 0 Å². The molecule has 0 aliphatic carbocycles. The van der Waals surface area contributed by atoms with Gasteiger partial charge in [0.1, 0.15) is 23.7 Å². The van der Waals surface area contributed by atoms with Gasteiger partial charge in [0.2, 0.25) is 11.8 Å². The number of aromatic hydroxyl groups is 1. The van der Waals surface area contributed by atoms with Crippen LogP contribution in [0.25, 0.3) is 0 Å². The van der Waals surface area contributed by atoms with E-state index in [0.717, 1.165) is 4.90 Å². The summed E-state index contributed by atoms with van der Waals surface area (Å²) in [4.78, 5) is 52.8. The Bertz CT molecular complexity index is 888. The second-order valence-corrected chi connectivity index (χ2v) is 8.29. The fraction of sp³-hybridized carbons (Fsp3) is 0.353. The molecule has 0 aromatic carbocycles. The molecule has 12 heteroatoms. The SMILES string of the molecule is CC(=O)OCC1=C(C(=O)O)N2C(=O)[C@@H](NC(=O)CSc3ccc(O)nc3)[C@H]2SC1. The van der Waals surface area contributed by atoms with Crippen molar-refractivity contribution in [1.29, 1.82) is 0 Å². The third kappa shape index (κ3) is 4.65. The van der Waals surface area contributed by atoms with E-state index in [1.54, 1.807) is 6.07 Å². The zero-order valence-electron chi connectivity index (χ0n) is 15.2. The van der Waals surface area contributed by atoms with E-state index in [2.05, 4.69) is 10.3 Å². The summed E-state index contributed by atoms with van der Waals surface area (Å²) in [5.74, 6) is -2.56. The van der Waals surface area contributed by atoms with Crippen LogP contribution in [0.5, 0.6) is 5.88 Å². The Morgan fingerprint density at radius 1 is 1.41 bits per heavy atom. The zero-order valence-corrected chi connectivity index (χ0v) is 16.8. The number of rotatable bonds is 7. The number of carboxylic acids is 1. The topological polar surface area (TPSA) is 146 Å². The normalized spacial score (nSPS) is 20.6. The van der Waals surface area contributed by atoms with Crippen molar-refractivity contribution in [3.8, 4) is 5.88 Å². The summed E-state index contributed by atoms with van der Waals surface area (Å²) in [5, 5.41) is 20.8. The van der Waals surface area contributed by atoms with Gasteiger partial charge < -0.3 is 20.3 Å². The Morgan fingerprint density at radius 2 is 2.17 bits per heavy atom. The quantitative estimate of drug-likeness (QED) is 0.305. The van der Waals surface area contributed by atoms with Gasteiger partial charge in [0.15, 0.2) is 0 Å². The van der Waals surface area contributed by atoms with Gasteiger partial charge in [0, 0.05) is 35.4 Å². The number of amides is 2. The Labute approximate surface area is 173 Å². The maximum atomic E-state index is 12.5. The summed E-state index contributed by atoms with van der Waals surface area (Å²) in [7, 11) is 0. The van der Waals surface area contributed by atoms with E-state index in [9.17, 15) is 24.3 Å². The Balaban J connectivity index is 1.61. The molecule has 154 valence electrons. The second-order valence-electron chi connectivity index (χ2n) is 6.13. The fourth-order valence-corrected chi connectivity index (χ4v) is 4.80. The molecule has 0 saturated carbocycles. The third-order valence-electron chi connectivity index (χ3n) is 4.11. The number of thioether (sulfide) groups is 2. The number of carbonyl (C=O) groups excluding carboxylic acids is 3. The molecule has 3 N–H and O–H groups in total. The van der Waals surface area contributed by atoms with Gasteiger partial charge in [0.25, 0.3) is 5.91 Å². The number of carboxylic acid groups (broad SMARTS) is 1. The molecule has 3 heterocycles. The van der Waals surface area contributed by atoms with E-state index in [4.69, 9.17) is 9.84 Å². The number of ether oxygens (including phenoxy) is 1. The lowest BCUT2D eigenvalue weighted by Crippen LogP contribution is -2.70.